The summed E-state index contributed by atoms with van der Waals surface area (Å²) in [5.74, 6) is 0.658. The molecular weight excluding hydrogens is 314 g/mol. The van der Waals surface area contributed by atoms with Gasteiger partial charge in [-0.3, -0.25) is 10.1 Å². The van der Waals surface area contributed by atoms with Crippen LogP contribution in [0.4, 0.5) is 11.4 Å². The zero-order chi connectivity index (χ0) is 16.2. The molecule has 0 radical (unpaired) electrons. The summed E-state index contributed by atoms with van der Waals surface area (Å²) in [6.07, 6.45) is 1.89. The van der Waals surface area contributed by atoms with Gasteiger partial charge in [0, 0.05) is 32.5 Å². The van der Waals surface area contributed by atoms with Gasteiger partial charge in [0.05, 0.1) is 9.82 Å². The van der Waals surface area contributed by atoms with Gasteiger partial charge in [-0.15, -0.1) is 0 Å². The van der Waals surface area contributed by atoms with E-state index in [9.17, 15) is 18.5 Å². The number of sulfonamides is 1. The quantitative estimate of drug-likeness (QED) is 0.605. The minimum absolute atomic E-state index is 0.0307. The van der Waals surface area contributed by atoms with Crippen molar-refractivity contribution in [2.24, 2.45) is 0 Å². The van der Waals surface area contributed by atoms with E-state index in [0.29, 0.717) is 23.5 Å². The first-order valence-electron chi connectivity index (χ1n) is 6.17. The Labute approximate surface area is 128 Å². The normalized spacial score (nSPS) is 11.7. The number of hydrogen-bond acceptors (Lipinski definition) is 6. The van der Waals surface area contributed by atoms with Crippen LogP contribution in [0, 0.1) is 17.0 Å². The number of benzene rings is 1. The third-order valence-corrected chi connectivity index (χ3v) is 5.65. The summed E-state index contributed by atoms with van der Waals surface area (Å²) in [6.45, 7) is 1.98. The number of nitro groups is 1. The van der Waals surface area contributed by atoms with Gasteiger partial charge in [-0.1, -0.05) is 0 Å². The van der Waals surface area contributed by atoms with Crippen LogP contribution in [0.5, 0.6) is 0 Å². The first kappa shape index (κ1) is 17.7. The van der Waals surface area contributed by atoms with Crippen molar-refractivity contribution in [3.8, 4) is 0 Å². The summed E-state index contributed by atoms with van der Waals surface area (Å²) < 4.78 is 26.2. The van der Waals surface area contributed by atoms with Crippen LogP contribution in [-0.4, -0.2) is 50.3 Å². The maximum absolute atomic E-state index is 12.5. The molecule has 1 rings (SSSR count). The second-order valence-electron chi connectivity index (χ2n) is 4.46. The van der Waals surface area contributed by atoms with E-state index >= 15 is 0 Å². The lowest BCUT2D eigenvalue weighted by Crippen LogP contribution is -2.29. The summed E-state index contributed by atoms with van der Waals surface area (Å²) in [7, 11) is -0.704. The average molecular weight is 333 g/mol. The molecule has 0 bridgehead atoms. The highest BCUT2D eigenvalue weighted by molar-refractivity contribution is 7.98. The Morgan fingerprint density at radius 3 is 2.52 bits per heavy atom. The van der Waals surface area contributed by atoms with Gasteiger partial charge >= 0.3 is 0 Å². The van der Waals surface area contributed by atoms with Crippen molar-refractivity contribution < 1.29 is 13.3 Å². The highest BCUT2D eigenvalue weighted by Crippen LogP contribution is 2.31. The van der Waals surface area contributed by atoms with Crippen LogP contribution in [-0.2, 0) is 10.0 Å². The van der Waals surface area contributed by atoms with E-state index in [0.717, 1.165) is 6.07 Å². The second-order valence-corrected chi connectivity index (χ2v) is 7.46. The SMILES string of the molecule is CNc1cc(C)c(S(=O)(=O)N(C)CCSC)cc1[N+](=O)[O-]. The molecule has 0 fully saturated rings. The smallest absolute Gasteiger partial charge is 0.293 e. The van der Waals surface area contributed by atoms with Crippen LogP contribution >= 0.6 is 11.8 Å². The van der Waals surface area contributed by atoms with Gasteiger partial charge in [-0.25, -0.2) is 12.7 Å². The third kappa shape index (κ3) is 3.86. The lowest BCUT2D eigenvalue weighted by atomic mass is 10.2. The van der Waals surface area contributed by atoms with E-state index in [-0.39, 0.29) is 10.6 Å². The summed E-state index contributed by atoms with van der Waals surface area (Å²) in [5.41, 5.74) is 0.518. The third-order valence-electron chi connectivity index (χ3n) is 3.06. The number of aryl methyl sites for hydroxylation is 1. The number of nitrogens with one attached hydrogen (secondary N) is 1. The molecule has 7 nitrogen and oxygen atoms in total. The van der Waals surface area contributed by atoms with Crippen LogP contribution in [0.2, 0.25) is 0 Å². The minimum Gasteiger partial charge on any atom is -0.383 e. The van der Waals surface area contributed by atoms with Crippen LogP contribution in [0.3, 0.4) is 0 Å². The molecule has 0 aliphatic carbocycles. The highest BCUT2D eigenvalue weighted by Gasteiger charge is 2.26. The number of nitrogens with zero attached hydrogens (tertiary/aromatic N) is 2. The van der Waals surface area contributed by atoms with E-state index in [1.807, 2.05) is 6.26 Å². The molecule has 21 heavy (non-hydrogen) atoms. The fourth-order valence-corrected chi connectivity index (χ4v) is 3.78. The van der Waals surface area contributed by atoms with Crippen LogP contribution in [0.15, 0.2) is 17.0 Å². The number of thioether (sulfide) groups is 1. The van der Waals surface area contributed by atoms with E-state index in [1.165, 1.54) is 29.2 Å². The fourth-order valence-electron chi connectivity index (χ4n) is 1.81. The maximum atomic E-state index is 12.5. The van der Waals surface area contributed by atoms with Gasteiger partial charge in [0.1, 0.15) is 5.69 Å². The molecule has 0 heterocycles. The Kier molecular flexibility index (Phi) is 5.99. The number of anilines is 1. The molecule has 1 aromatic rings. The molecule has 0 aliphatic rings. The molecule has 0 spiro atoms. The monoisotopic (exact) mass is 333 g/mol. The molecule has 0 aliphatic heterocycles. The molecule has 1 N–H and O–H groups in total. The van der Waals surface area contributed by atoms with Gasteiger partial charge in [0.25, 0.3) is 5.69 Å². The lowest BCUT2D eigenvalue weighted by molar-refractivity contribution is -0.384. The van der Waals surface area contributed by atoms with Gasteiger partial charge in [-0.05, 0) is 24.8 Å². The van der Waals surface area contributed by atoms with Crippen molar-refractivity contribution in [1.82, 2.24) is 4.31 Å². The van der Waals surface area contributed by atoms with Gasteiger partial charge in [0.2, 0.25) is 10.0 Å². The molecule has 0 aromatic heterocycles. The van der Waals surface area contributed by atoms with Gasteiger partial charge in [-0.2, -0.15) is 11.8 Å². The number of rotatable bonds is 7. The Morgan fingerprint density at radius 1 is 1.43 bits per heavy atom. The van der Waals surface area contributed by atoms with Crippen LogP contribution in [0.1, 0.15) is 5.56 Å². The largest absolute Gasteiger partial charge is 0.383 e. The molecule has 0 atom stereocenters. The molecule has 1 aromatic carbocycles. The molecule has 0 saturated carbocycles. The van der Waals surface area contributed by atoms with Crippen molar-refractivity contribution in [2.45, 2.75) is 11.8 Å². The fraction of sp³-hybridized carbons (Fsp3) is 0.500. The standard InChI is InChI=1S/C12H19N3O4S2/c1-9-7-10(13-2)11(15(16)17)8-12(9)21(18,19)14(3)5-6-20-4/h7-8,13H,5-6H2,1-4H3. The zero-order valence-corrected chi connectivity index (χ0v) is 14.0. The molecule has 9 heteroatoms. The molecule has 0 saturated heterocycles. The first-order valence-corrected chi connectivity index (χ1v) is 9.01. The average Bonchev–Trinajstić information content (AvgIpc) is 2.43. The lowest BCUT2D eigenvalue weighted by Gasteiger charge is -2.18. The Morgan fingerprint density at radius 2 is 2.05 bits per heavy atom. The maximum Gasteiger partial charge on any atom is 0.293 e. The number of hydrogen-bond donors (Lipinski definition) is 1. The van der Waals surface area contributed by atoms with Crippen molar-refractivity contribution in [3.05, 3.63) is 27.8 Å². The summed E-state index contributed by atoms with van der Waals surface area (Å²) in [6, 6.07) is 2.60. The van der Waals surface area contributed by atoms with E-state index in [2.05, 4.69) is 5.32 Å². The Balaban J connectivity index is 3.36. The zero-order valence-electron chi connectivity index (χ0n) is 12.4. The summed E-state index contributed by atoms with van der Waals surface area (Å²) in [4.78, 5) is 10.4. The topological polar surface area (TPSA) is 92.6 Å². The van der Waals surface area contributed by atoms with Crippen molar-refractivity contribution >= 4 is 33.2 Å². The first-order chi connectivity index (χ1) is 9.75. The van der Waals surface area contributed by atoms with Crippen molar-refractivity contribution in [2.75, 3.05) is 38.0 Å². The van der Waals surface area contributed by atoms with E-state index in [1.54, 1.807) is 14.0 Å². The predicted octanol–water partition coefficient (Wildman–Crippen LogP) is 1.93. The molecule has 118 valence electrons. The molecule has 0 amide bonds. The van der Waals surface area contributed by atoms with E-state index in [4.69, 9.17) is 0 Å². The Hall–Kier alpha value is -1.32. The Bertz CT molecular complexity index is 632. The van der Waals surface area contributed by atoms with Gasteiger partial charge < -0.3 is 5.32 Å². The molecule has 0 unspecified atom stereocenters. The van der Waals surface area contributed by atoms with Crippen molar-refractivity contribution in [3.63, 3.8) is 0 Å². The van der Waals surface area contributed by atoms with E-state index < -0.39 is 14.9 Å². The summed E-state index contributed by atoms with van der Waals surface area (Å²) >= 11 is 1.54. The van der Waals surface area contributed by atoms with Crippen LogP contribution in [0.25, 0.3) is 0 Å². The number of nitro benzene ring substituents is 1. The predicted molar refractivity (Wildman–Crippen MR) is 85.6 cm³/mol. The summed E-state index contributed by atoms with van der Waals surface area (Å²) in [5, 5.41) is 13.8. The second kappa shape index (κ2) is 7.10. The van der Waals surface area contributed by atoms with Crippen LogP contribution < -0.4 is 5.32 Å². The van der Waals surface area contributed by atoms with Crippen molar-refractivity contribution in [1.29, 1.82) is 0 Å². The highest BCUT2D eigenvalue weighted by atomic mass is 32.2. The van der Waals surface area contributed by atoms with Gasteiger partial charge in [0.15, 0.2) is 0 Å². The minimum atomic E-state index is -3.74. The molecular formula is C12H19N3O4S2.